The van der Waals surface area contributed by atoms with Gasteiger partial charge in [-0.25, -0.2) is 14.2 Å². The third-order valence-corrected chi connectivity index (χ3v) is 7.31. The first kappa shape index (κ1) is 23.7. The lowest BCUT2D eigenvalue weighted by molar-refractivity contribution is 0.0472. The summed E-state index contributed by atoms with van der Waals surface area (Å²) in [6.07, 6.45) is 1.68. The second-order valence-electron chi connectivity index (χ2n) is 8.38. The Hall–Kier alpha value is -4.71. The van der Waals surface area contributed by atoms with Crippen LogP contribution in [-0.2, 0) is 11.3 Å². The Balaban J connectivity index is 1.27. The minimum Gasteiger partial charge on any atom is -0.457 e. The SMILES string of the molecule is N#Cc1ccccc1COC(=O)c1cc(-c2ccc(C=c3sc4nc5ccccc5n4c3=O)o2)ccc1Cl. The summed E-state index contributed by atoms with van der Waals surface area (Å²) in [5.41, 5.74) is 3.21. The van der Waals surface area contributed by atoms with Crippen molar-refractivity contribution in [1.82, 2.24) is 9.38 Å². The number of para-hydroxylation sites is 2. The van der Waals surface area contributed by atoms with Crippen LogP contribution in [0.4, 0.5) is 0 Å². The van der Waals surface area contributed by atoms with Crippen molar-refractivity contribution in [2.24, 2.45) is 0 Å². The van der Waals surface area contributed by atoms with E-state index in [1.54, 1.807) is 65.1 Å². The van der Waals surface area contributed by atoms with Gasteiger partial charge in [0.05, 0.1) is 33.3 Å². The van der Waals surface area contributed by atoms with Crippen LogP contribution in [0.3, 0.4) is 0 Å². The molecule has 0 aliphatic heterocycles. The van der Waals surface area contributed by atoms with Gasteiger partial charge in [0.2, 0.25) is 0 Å². The molecule has 6 rings (SSSR count). The van der Waals surface area contributed by atoms with Gasteiger partial charge in [-0.05, 0) is 48.5 Å². The molecule has 6 aromatic rings. The van der Waals surface area contributed by atoms with Crippen LogP contribution in [0.5, 0.6) is 0 Å². The predicted octanol–water partition coefficient (Wildman–Crippen LogP) is 5.60. The maximum Gasteiger partial charge on any atom is 0.340 e. The van der Waals surface area contributed by atoms with Crippen molar-refractivity contribution in [2.75, 3.05) is 0 Å². The van der Waals surface area contributed by atoms with E-state index in [0.717, 1.165) is 11.0 Å². The highest BCUT2D eigenvalue weighted by Crippen LogP contribution is 2.28. The number of ether oxygens (including phenoxy) is 1. The molecule has 0 amide bonds. The Labute approximate surface area is 224 Å². The fourth-order valence-electron chi connectivity index (χ4n) is 4.14. The number of furan rings is 1. The highest BCUT2D eigenvalue weighted by Gasteiger charge is 2.16. The first-order valence-electron chi connectivity index (χ1n) is 11.5. The number of fused-ring (bicyclic) bond motifs is 3. The zero-order chi connectivity index (χ0) is 26.2. The molecule has 184 valence electrons. The van der Waals surface area contributed by atoms with E-state index in [0.29, 0.717) is 37.7 Å². The van der Waals surface area contributed by atoms with Crippen molar-refractivity contribution in [1.29, 1.82) is 5.26 Å². The summed E-state index contributed by atoms with van der Waals surface area (Å²) in [6, 6.07) is 24.9. The monoisotopic (exact) mass is 537 g/mol. The van der Waals surface area contributed by atoms with Crippen LogP contribution in [-0.4, -0.2) is 15.4 Å². The Morgan fingerprint density at radius 1 is 1.11 bits per heavy atom. The molecule has 0 saturated heterocycles. The zero-order valence-electron chi connectivity index (χ0n) is 19.6. The normalized spacial score (nSPS) is 11.7. The average Bonchev–Trinajstić information content (AvgIpc) is 3.63. The lowest BCUT2D eigenvalue weighted by Gasteiger charge is -2.08. The Bertz CT molecular complexity index is 2020. The number of nitriles is 1. The lowest BCUT2D eigenvalue weighted by atomic mass is 10.1. The number of carbonyl (C=O) groups is 1. The number of aromatic nitrogens is 2. The molecular formula is C29H16ClN3O4S. The van der Waals surface area contributed by atoms with Crippen molar-refractivity contribution in [2.45, 2.75) is 6.61 Å². The highest BCUT2D eigenvalue weighted by molar-refractivity contribution is 7.15. The third-order valence-electron chi connectivity index (χ3n) is 6.01. The first-order valence-corrected chi connectivity index (χ1v) is 12.7. The largest absolute Gasteiger partial charge is 0.457 e. The van der Waals surface area contributed by atoms with E-state index >= 15 is 0 Å². The van der Waals surface area contributed by atoms with Crippen LogP contribution in [0.2, 0.25) is 5.02 Å². The molecule has 0 fully saturated rings. The van der Waals surface area contributed by atoms with Crippen LogP contribution < -0.4 is 10.1 Å². The Kier molecular flexibility index (Phi) is 6.00. The topological polar surface area (TPSA) is 97.6 Å². The van der Waals surface area contributed by atoms with E-state index < -0.39 is 5.97 Å². The first-order chi connectivity index (χ1) is 18.5. The number of halogens is 1. The second-order valence-corrected chi connectivity index (χ2v) is 9.79. The van der Waals surface area contributed by atoms with Gasteiger partial charge in [-0.2, -0.15) is 5.26 Å². The molecule has 0 spiro atoms. The number of carbonyl (C=O) groups excluding carboxylic acids is 1. The number of benzene rings is 3. The molecule has 0 atom stereocenters. The number of esters is 1. The predicted molar refractivity (Wildman–Crippen MR) is 145 cm³/mol. The van der Waals surface area contributed by atoms with Gasteiger partial charge in [0, 0.05) is 17.2 Å². The van der Waals surface area contributed by atoms with Gasteiger partial charge >= 0.3 is 5.97 Å². The summed E-state index contributed by atoms with van der Waals surface area (Å²) in [6.45, 7) is -0.0555. The molecule has 9 heteroatoms. The summed E-state index contributed by atoms with van der Waals surface area (Å²) in [4.78, 5) is 31.0. The van der Waals surface area contributed by atoms with Gasteiger partial charge in [0.1, 0.15) is 22.7 Å². The number of imidazole rings is 1. The minimum atomic E-state index is -0.618. The van der Waals surface area contributed by atoms with Gasteiger partial charge in [-0.1, -0.05) is 53.3 Å². The Morgan fingerprint density at radius 3 is 2.79 bits per heavy atom. The molecule has 0 saturated carbocycles. The van der Waals surface area contributed by atoms with Crippen molar-refractivity contribution in [3.63, 3.8) is 0 Å². The smallest absolute Gasteiger partial charge is 0.340 e. The highest BCUT2D eigenvalue weighted by atomic mass is 35.5. The van der Waals surface area contributed by atoms with Crippen LogP contribution in [0.1, 0.15) is 27.2 Å². The zero-order valence-corrected chi connectivity index (χ0v) is 21.1. The van der Waals surface area contributed by atoms with Crippen LogP contribution in [0, 0.1) is 11.3 Å². The minimum absolute atomic E-state index is 0.0555. The number of nitrogens with zero attached hydrogens (tertiary/aromatic N) is 3. The summed E-state index contributed by atoms with van der Waals surface area (Å²) in [5.74, 6) is 0.363. The molecule has 3 aromatic carbocycles. The summed E-state index contributed by atoms with van der Waals surface area (Å²) in [5, 5.41) is 9.47. The van der Waals surface area contributed by atoms with Crippen LogP contribution in [0.25, 0.3) is 33.4 Å². The van der Waals surface area contributed by atoms with Gasteiger partial charge < -0.3 is 9.15 Å². The fourth-order valence-corrected chi connectivity index (χ4v) is 5.30. The van der Waals surface area contributed by atoms with E-state index in [2.05, 4.69) is 11.1 Å². The van der Waals surface area contributed by atoms with Crippen molar-refractivity contribution < 1.29 is 13.9 Å². The van der Waals surface area contributed by atoms with Gasteiger partial charge in [0.15, 0.2) is 4.96 Å². The molecular weight excluding hydrogens is 522 g/mol. The average molecular weight is 538 g/mol. The summed E-state index contributed by atoms with van der Waals surface area (Å²) in [7, 11) is 0. The van der Waals surface area contributed by atoms with Crippen LogP contribution >= 0.6 is 22.9 Å². The molecule has 0 N–H and O–H groups in total. The van der Waals surface area contributed by atoms with E-state index in [1.165, 1.54) is 11.3 Å². The van der Waals surface area contributed by atoms with E-state index in [4.69, 9.17) is 20.8 Å². The molecule has 3 aromatic heterocycles. The summed E-state index contributed by atoms with van der Waals surface area (Å²) >= 11 is 7.58. The van der Waals surface area contributed by atoms with Crippen LogP contribution in [0.15, 0.2) is 88.1 Å². The van der Waals surface area contributed by atoms with Gasteiger partial charge in [-0.15, -0.1) is 0 Å². The molecule has 0 radical (unpaired) electrons. The van der Waals surface area contributed by atoms with E-state index in [9.17, 15) is 14.9 Å². The van der Waals surface area contributed by atoms with E-state index in [1.807, 2.05) is 24.3 Å². The third kappa shape index (κ3) is 4.24. The van der Waals surface area contributed by atoms with E-state index in [-0.39, 0.29) is 22.8 Å². The standard InChI is InChI=1S/C29H16ClN3O4S/c30-22-11-9-17(13-21(22)28(35)36-16-19-6-2-1-5-18(19)15-31)25-12-10-20(37-25)14-26-27(34)33-24-8-4-3-7-23(24)32-29(33)38-26/h1-14H,16H2. The van der Waals surface area contributed by atoms with Crippen molar-refractivity contribution in [3.05, 3.63) is 121 Å². The molecule has 3 heterocycles. The molecule has 7 nitrogen and oxygen atoms in total. The molecule has 0 unspecified atom stereocenters. The maximum absolute atomic E-state index is 13.0. The number of thiazole rings is 1. The van der Waals surface area contributed by atoms with Gasteiger partial charge in [0.25, 0.3) is 5.56 Å². The number of rotatable bonds is 5. The summed E-state index contributed by atoms with van der Waals surface area (Å²) < 4.78 is 13.5. The Morgan fingerprint density at radius 2 is 1.92 bits per heavy atom. The number of hydrogen-bond acceptors (Lipinski definition) is 7. The quantitative estimate of drug-likeness (QED) is 0.266. The second kappa shape index (κ2) is 9.63. The maximum atomic E-state index is 13.0. The molecule has 38 heavy (non-hydrogen) atoms. The molecule has 0 bridgehead atoms. The number of hydrogen-bond donors (Lipinski definition) is 0. The molecule has 0 aliphatic rings. The lowest BCUT2D eigenvalue weighted by Crippen LogP contribution is -2.22. The molecule has 0 aliphatic carbocycles. The van der Waals surface area contributed by atoms with Gasteiger partial charge in [-0.3, -0.25) is 4.79 Å². The van der Waals surface area contributed by atoms with Crippen molar-refractivity contribution >= 4 is 51.0 Å². The fraction of sp³-hybridized carbons (Fsp3) is 0.0345. The van der Waals surface area contributed by atoms with Crippen molar-refractivity contribution in [3.8, 4) is 17.4 Å².